The summed E-state index contributed by atoms with van der Waals surface area (Å²) < 4.78 is 32.2. The van der Waals surface area contributed by atoms with E-state index >= 15 is 0 Å². The van der Waals surface area contributed by atoms with Gasteiger partial charge in [0.1, 0.15) is 24.4 Å². The molecule has 1 N–H and O–H groups in total. The lowest BCUT2D eigenvalue weighted by atomic mass is 9.93. The predicted molar refractivity (Wildman–Crippen MR) is 144 cm³/mol. The molecule has 5 atom stereocenters. The molecule has 36 heavy (non-hydrogen) atoms. The molecule has 0 spiro atoms. The number of aliphatic hydroxyl groups excluding tert-OH is 1. The second-order valence-electron chi connectivity index (χ2n) is 11.0. The SMILES string of the molecule is CO[C@@H]1[C@@H](OCc2ccccc2)[C@H](O[Si](C)(C)C(C)(C)C)[C@@H](COCc2ccccc2)O[C@@H]1CCO. The highest BCUT2D eigenvalue weighted by Crippen LogP contribution is 2.40. The normalized spacial score (nSPS) is 25.1. The summed E-state index contributed by atoms with van der Waals surface area (Å²) in [4.78, 5) is 0. The average Bonchev–Trinajstić information content (AvgIpc) is 2.85. The first kappa shape index (κ1) is 29.0. The van der Waals surface area contributed by atoms with Crippen molar-refractivity contribution in [3.8, 4) is 0 Å². The Balaban J connectivity index is 1.87. The molecule has 3 rings (SSSR count). The Labute approximate surface area is 218 Å². The van der Waals surface area contributed by atoms with Crippen molar-refractivity contribution in [3.63, 3.8) is 0 Å². The van der Waals surface area contributed by atoms with Gasteiger partial charge in [-0.2, -0.15) is 0 Å². The number of ether oxygens (including phenoxy) is 4. The monoisotopic (exact) mass is 516 g/mol. The minimum atomic E-state index is -2.19. The maximum atomic E-state index is 9.76. The van der Waals surface area contributed by atoms with Gasteiger partial charge in [0.05, 0.1) is 25.9 Å². The standard InChI is InChI=1S/C29H44O6Si/c1-29(2,3)36(5,6)35-27-25(21-32-19-22-13-9-7-10-14-22)34-24(17-18-30)26(31-4)28(27)33-20-23-15-11-8-12-16-23/h7-16,24-28,30H,17-21H2,1-6H3/t24-,25-,26+,27-,28-/m1/s1. The van der Waals surface area contributed by atoms with Gasteiger partial charge in [-0.05, 0) is 35.7 Å². The van der Waals surface area contributed by atoms with Crippen LogP contribution in [0.4, 0.5) is 0 Å². The fourth-order valence-corrected chi connectivity index (χ4v) is 5.57. The summed E-state index contributed by atoms with van der Waals surface area (Å²) >= 11 is 0. The highest BCUT2D eigenvalue weighted by molar-refractivity contribution is 6.74. The molecule has 0 amide bonds. The Morgan fingerprint density at radius 1 is 0.833 bits per heavy atom. The number of methoxy groups -OCH3 is 1. The van der Waals surface area contributed by atoms with Crippen molar-refractivity contribution in [3.05, 3.63) is 71.8 Å². The van der Waals surface area contributed by atoms with Crippen LogP contribution in [-0.4, -0.2) is 64.3 Å². The van der Waals surface area contributed by atoms with E-state index in [0.29, 0.717) is 26.2 Å². The molecule has 7 heteroatoms. The van der Waals surface area contributed by atoms with E-state index in [1.54, 1.807) is 7.11 Å². The molecule has 1 fully saturated rings. The van der Waals surface area contributed by atoms with E-state index in [1.807, 2.05) is 48.5 Å². The minimum absolute atomic E-state index is 0.00127. The van der Waals surface area contributed by atoms with Crippen LogP contribution in [0.3, 0.4) is 0 Å². The van der Waals surface area contributed by atoms with E-state index in [1.165, 1.54) is 0 Å². The molecule has 0 saturated carbocycles. The molecular weight excluding hydrogens is 472 g/mol. The van der Waals surface area contributed by atoms with E-state index in [0.717, 1.165) is 11.1 Å². The molecule has 1 saturated heterocycles. The largest absolute Gasteiger partial charge is 0.408 e. The van der Waals surface area contributed by atoms with Crippen LogP contribution >= 0.6 is 0 Å². The van der Waals surface area contributed by atoms with Crippen LogP contribution in [0, 0.1) is 0 Å². The maximum absolute atomic E-state index is 9.76. The third-order valence-corrected chi connectivity index (χ3v) is 11.8. The van der Waals surface area contributed by atoms with E-state index in [2.05, 4.69) is 46.0 Å². The topological polar surface area (TPSA) is 66.4 Å². The van der Waals surface area contributed by atoms with Crippen LogP contribution in [0.1, 0.15) is 38.3 Å². The van der Waals surface area contributed by atoms with Gasteiger partial charge in [-0.15, -0.1) is 0 Å². The van der Waals surface area contributed by atoms with E-state index in [4.69, 9.17) is 23.4 Å². The molecule has 0 radical (unpaired) electrons. The number of hydrogen-bond donors (Lipinski definition) is 1. The Kier molecular flexibility index (Phi) is 10.7. The van der Waals surface area contributed by atoms with Crippen LogP contribution in [0.5, 0.6) is 0 Å². The van der Waals surface area contributed by atoms with Gasteiger partial charge in [0.15, 0.2) is 8.32 Å². The molecule has 1 aliphatic heterocycles. The fourth-order valence-electron chi connectivity index (χ4n) is 4.25. The number of benzene rings is 2. The molecule has 0 aromatic heterocycles. The zero-order chi connectivity index (χ0) is 26.2. The number of aliphatic hydroxyl groups is 1. The Morgan fingerprint density at radius 2 is 1.42 bits per heavy atom. The molecule has 6 nitrogen and oxygen atoms in total. The quantitative estimate of drug-likeness (QED) is 0.384. The lowest BCUT2D eigenvalue weighted by Crippen LogP contribution is -2.64. The summed E-state index contributed by atoms with van der Waals surface area (Å²) in [5, 5.41) is 9.77. The predicted octanol–water partition coefficient (Wildman–Crippen LogP) is 5.34. The zero-order valence-electron chi connectivity index (χ0n) is 22.7. The molecular formula is C29H44O6Si. The first-order valence-electron chi connectivity index (χ1n) is 12.9. The van der Waals surface area contributed by atoms with Crippen molar-refractivity contribution in [2.45, 2.75) is 89.1 Å². The summed E-state index contributed by atoms with van der Waals surface area (Å²) in [6, 6.07) is 20.2. The minimum Gasteiger partial charge on any atom is -0.408 e. The Bertz CT molecular complexity index is 886. The van der Waals surface area contributed by atoms with E-state index < -0.39 is 8.32 Å². The van der Waals surface area contributed by atoms with Gasteiger partial charge in [-0.25, -0.2) is 0 Å². The van der Waals surface area contributed by atoms with Crippen LogP contribution in [0.15, 0.2) is 60.7 Å². The van der Waals surface area contributed by atoms with Crippen molar-refractivity contribution in [1.82, 2.24) is 0 Å². The highest BCUT2D eigenvalue weighted by Gasteiger charge is 2.51. The molecule has 0 bridgehead atoms. The maximum Gasteiger partial charge on any atom is 0.192 e. The molecule has 2 aromatic carbocycles. The van der Waals surface area contributed by atoms with Gasteiger partial charge in [0.25, 0.3) is 0 Å². The zero-order valence-corrected chi connectivity index (χ0v) is 23.7. The molecule has 0 unspecified atom stereocenters. The van der Waals surface area contributed by atoms with Crippen molar-refractivity contribution in [1.29, 1.82) is 0 Å². The Hall–Kier alpha value is -1.58. The summed E-state index contributed by atoms with van der Waals surface area (Å²) in [5.41, 5.74) is 2.19. The van der Waals surface area contributed by atoms with Crippen molar-refractivity contribution in [2.75, 3.05) is 20.3 Å². The summed E-state index contributed by atoms with van der Waals surface area (Å²) in [5.74, 6) is 0. The average molecular weight is 517 g/mol. The van der Waals surface area contributed by atoms with Crippen molar-refractivity contribution < 1.29 is 28.5 Å². The summed E-state index contributed by atoms with van der Waals surface area (Å²) in [6.07, 6.45) is -1.35. The first-order valence-corrected chi connectivity index (χ1v) is 15.8. The van der Waals surface area contributed by atoms with Gasteiger partial charge in [0.2, 0.25) is 0 Å². The molecule has 2 aromatic rings. The Morgan fingerprint density at radius 3 is 1.94 bits per heavy atom. The van der Waals surface area contributed by atoms with Gasteiger partial charge >= 0.3 is 0 Å². The van der Waals surface area contributed by atoms with Gasteiger partial charge in [-0.1, -0.05) is 81.4 Å². The second kappa shape index (κ2) is 13.3. The molecule has 0 aliphatic carbocycles. The van der Waals surface area contributed by atoms with Crippen molar-refractivity contribution >= 4 is 8.32 Å². The second-order valence-corrected chi connectivity index (χ2v) is 15.8. The van der Waals surface area contributed by atoms with Gasteiger partial charge < -0.3 is 28.5 Å². The number of hydrogen-bond acceptors (Lipinski definition) is 6. The van der Waals surface area contributed by atoms with Crippen LogP contribution in [0.2, 0.25) is 18.1 Å². The molecule has 200 valence electrons. The van der Waals surface area contributed by atoms with Gasteiger partial charge in [-0.3, -0.25) is 0 Å². The summed E-state index contributed by atoms with van der Waals surface area (Å²) in [6.45, 7) is 12.5. The third kappa shape index (κ3) is 7.71. The van der Waals surface area contributed by atoms with Crippen molar-refractivity contribution in [2.24, 2.45) is 0 Å². The van der Waals surface area contributed by atoms with Crippen LogP contribution < -0.4 is 0 Å². The van der Waals surface area contributed by atoms with Crippen LogP contribution in [-0.2, 0) is 36.6 Å². The van der Waals surface area contributed by atoms with Crippen LogP contribution in [0.25, 0.3) is 0 Å². The lowest BCUT2D eigenvalue weighted by Gasteiger charge is -2.50. The van der Waals surface area contributed by atoms with Gasteiger partial charge in [0, 0.05) is 13.7 Å². The molecule has 1 aliphatic rings. The van der Waals surface area contributed by atoms with E-state index in [-0.39, 0.29) is 42.2 Å². The smallest absolute Gasteiger partial charge is 0.192 e. The van der Waals surface area contributed by atoms with E-state index in [9.17, 15) is 5.11 Å². The number of rotatable bonds is 12. The fraction of sp³-hybridized carbons (Fsp3) is 0.586. The highest BCUT2D eigenvalue weighted by atomic mass is 28.4. The molecule has 1 heterocycles. The summed E-state index contributed by atoms with van der Waals surface area (Å²) in [7, 11) is -0.517. The lowest BCUT2D eigenvalue weighted by molar-refractivity contribution is -0.251. The third-order valence-electron chi connectivity index (χ3n) is 7.33. The first-order chi connectivity index (χ1) is 17.2.